The SMILES string of the molecule is CC(Cc1cccnc1)(C(=O)O)c1cc(Cl)cc(Cl)c1. The second-order valence-corrected chi connectivity index (χ2v) is 5.71. The van der Waals surface area contributed by atoms with E-state index < -0.39 is 11.4 Å². The highest BCUT2D eigenvalue weighted by atomic mass is 35.5. The number of carbonyl (C=O) groups is 1. The van der Waals surface area contributed by atoms with Gasteiger partial charge in [-0.15, -0.1) is 0 Å². The van der Waals surface area contributed by atoms with Gasteiger partial charge in [-0.05, 0) is 48.7 Å². The van der Waals surface area contributed by atoms with Gasteiger partial charge in [-0.2, -0.15) is 0 Å². The molecule has 0 radical (unpaired) electrons. The van der Waals surface area contributed by atoms with Crippen LogP contribution in [0.3, 0.4) is 0 Å². The Morgan fingerprint density at radius 3 is 2.45 bits per heavy atom. The number of aromatic nitrogens is 1. The van der Waals surface area contributed by atoms with Crippen molar-refractivity contribution in [2.45, 2.75) is 18.8 Å². The second kappa shape index (κ2) is 5.81. The molecule has 1 aromatic heterocycles. The monoisotopic (exact) mass is 309 g/mol. The number of carboxylic acids is 1. The topological polar surface area (TPSA) is 50.2 Å². The van der Waals surface area contributed by atoms with E-state index in [1.807, 2.05) is 6.07 Å². The lowest BCUT2D eigenvalue weighted by Crippen LogP contribution is -2.34. The molecular weight excluding hydrogens is 297 g/mol. The van der Waals surface area contributed by atoms with Crippen molar-refractivity contribution >= 4 is 29.2 Å². The minimum Gasteiger partial charge on any atom is -0.481 e. The summed E-state index contributed by atoms with van der Waals surface area (Å²) in [6.07, 6.45) is 3.62. The van der Waals surface area contributed by atoms with Gasteiger partial charge in [-0.1, -0.05) is 29.3 Å². The summed E-state index contributed by atoms with van der Waals surface area (Å²) in [5.74, 6) is -0.931. The predicted octanol–water partition coefficient (Wildman–Crippen LogP) is 3.97. The highest BCUT2D eigenvalue weighted by Gasteiger charge is 2.36. The Morgan fingerprint density at radius 1 is 1.30 bits per heavy atom. The molecule has 0 fully saturated rings. The Bertz CT molecular complexity index is 611. The smallest absolute Gasteiger partial charge is 0.314 e. The summed E-state index contributed by atoms with van der Waals surface area (Å²) >= 11 is 11.9. The molecule has 0 saturated heterocycles. The molecule has 1 N–H and O–H groups in total. The number of hydrogen-bond donors (Lipinski definition) is 1. The molecule has 1 heterocycles. The Morgan fingerprint density at radius 2 is 1.95 bits per heavy atom. The molecular formula is C15H13Cl2NO2. The van der Waals surface area contributed by atoms with Gasteiger partial charge in [0.1, 0.15) is 0 Å². The molecule has 1 unspecified atom stereocenters. The third-order valence-corrected chi connectivity index (χ3v) is 3.69. The number of pyridine rings is 1. The lowest BCUT2D eigenvalue weighted by molar-refractivity contribution is -0.143. The molecule has 1 atom stereocenters. The molecule has 104 valence electrons. The van der Waals surface area contributed by atoms with Gasteiger partial charge < -0.3 is 5.11 Å². The van der Waals surface area contributed by atoms with E-state index in [4.69, 9.17) is 23.2 Å². The minimum absolute atomic E-state index is 0.312. The van der Waals surface area contributed by atoms with E-state index in [1.165, 1.54) is 0 Å². The molecule has 0 spiro atoms. The average molecular weight is 310 g/mol. The Balaban J connectivity index is 2.46. The van der Waals surface area contributed by atoms with Gasteiger partial charge in [0.2, 0.25) is 0 Å². The number of benzene rings is 1. The van der Waals surface area contributed by atoms with Crippen LogP contribution < -0.4 is 0 Å². The molecule has 0 aliphatic rings. The highest BCUT2D eigenvalue weighted by Crippen LogP contribution is 2.32. The van der Waals surface area contributed by atoms with Crippen molar-refractivity contribution in [3.8, 4) is 0 Å². The maximum absolute atomic E-state index is 11.7. The molecule has 2 rings (SSSR count). The van der Waals surface area contributed by atoms with Crippen molar-refractivity contribution in [2.75, 3.05) is 0 Å². The van der Waals surface area contributed by atoms with Crippen LogP contribution in [0.5, 0.6) is 0 Å². The third-order valence-electron chi connectivity index (χ3n) is 3.25. The van der Waals surface area contributed by atoms with Crippen LogP contribution in [-0.2, 0) is 16.6 Å². The highest BCUT2D eigenvalue weighted by molar-refractivity contribution is 6.34. The summed E-state index contributed by atoms with van der Waals surface area (Å²) in [5.41, 5.74) is 0.303. The fourth-order valence-corrected chi connectivity index (χ4v) is 2.61. The molecule has 1 aromatic carbocycles. The first-order chi connectivity index (χ1) is 9.41. The number of carboxylic acid groups (broad SMARTS) is 1. The zero-order chi connectivity index (χ0) is 14.8. The van der Waals surface area contributed by atoms with Crippen LogP contribution in [0.1, 0.15) is 18.1 Å². The molecule has 3 nitrogen and oxygen atoms in total. The van der Waals surface area contributed by atoms with E-state index in [0.717, 1.165) is 5.56 Å². The van der Waals surface area contributed by atoms with Crippen LogP contribution in [0.15, 0.2) is 42.7 Å². The van der Waals surface area contributed by atoms with E-state index in [0.29, 0.717) is 22.0 Å². The first-order valence-electron chi connectivity index (χ1n) is 6.01. The van der Waals surface area contributed by atoms with Gasteiger partial charge in [-0.25, -0.2) is 0 Å². The zero-order valence-corrected chi connectivity index (χ0v) is 12.3. The van der Waals surface area contributed by atoms with Gasteiger partial charge >= 0.3 is 5.97 Å². The average Bonchev–Trinajstić information content (AvgIpc) is 2.38. The predicted molar refractivity (Wildman–Crippen MR) is 79.4 cm³/mol. The van der Waals surface area contributed by atoms with Crippen LogP contribution in [-0.4, -0.2) is 16.1 Å². The number of halogens is 2. The summed E-state index contributed by atoms with van der Waals surface area (Å²) in [7, 11) is 0. The van der Waals surface area contributed by atoms with Gasteiger partial charge in [0.05, 0.1) is 5.41 Å². The quantitative estimate of drug-likeness (QED) is 0.929. The van der Waals surface area contributed by atoms with Gasteiger partial charge in [0.15, 0.2) is 0 Å². The molecule has 0 amide bonds. The number of rotatable bonds is 4. The number of nitrogens with zero attached hydrogens (tertiary/aromatic N) is 1. The second-order valence-electron chi connectivity index (χ2n) is 4.83. The Kier molecular flexibility index (Phi) is 4.31. The first kappa shape index (κ1) is 14.8. The maximum Gasteiger partial charge on any atom is 0.314 e. The molecule has 2 aromatic rings. The summed E-state index contributed by atoms with van der Waals surface area (Å²) < 4.78 is 0. The largest absolute Gasteiger partial charge is 0.481 e. The van der Waals surface area contributed by atoms with E-state index in [1.54, 1.807) is 43.6 Å². The Hall–Kier alpha value is -1.58. The maximum atomic E-state index is 11.7. The zero-order valence-electron chi connectivity index (χ0n) is 10.8. The van der Waals surface area contributed by atoms with Crippen molar-refractivity contribution in [1.82, 2.24) is 4.98 Å². The number of hydrogen-bond acceptors (Lipinski definition) is 2. The normalized spacial score (nSPS) is 13.8. The van der Waals surface area contributed by atoms with Gasteiger partial charge in [0, 0.05) is 22.4 Å². The molecule has 0 aliphatic heterocycles. The summed E-state index contributed by atoms with van der Waals surface area (Å²) in [5, 5.41) is 10.5. The van der Waals surface area contributed by atoms with Crippen molar-refractivity contribution in [1.29, 1.82) is 0 Å². The molecule has 0 aliphatic carbocycles. The Labute approximate surface area is 127 Å². The van der Waals surface area contributed by atoms with Crippen molar-refractivity contribution in [3.05, 3.63) is 63.9 Å². The van der Waals surface area contributed by atoms with Crippen LogP contribution in [0.25, 0.3) is 0 Å². The van der Waals surface area contributed by atoms with Crippen LogP contribution in [0, 0.1) is 0 Å². The third kappa shape index (κ3) is 3.11. The molecule has 0 bridgehead atoms. The summed E-state index contributed by atoms with van der Waals surface area (Å²) in [6.45, 7) is 1.66. The lowest BCUT2D eigenvalue weighted by Gasteiger charge is -2.26. The van der Waals surface area contributed by atoms with Gasteiger partial charge in [0.25, 0.3) is 0 Å². The molecule has 5 heteroatoms. The minimum atomic E-state index is -1.11. The van der Waals surface area contributed by atoms with E-state index >= 15 is 0 Å². The standard InChI is InChI=1S/C15H13Cl2NO2/c1-15(14(19)20,8-10-3-2-4-18-9-10)11-5-12(16)7-13(17)6-11/h2-7,9H,8H2,1H3,(H,19,20). The summed E-state index contributed by atoms with van der Waals surface area (Å²) in [4.78, 5) is 15.8. The van der Waals surface area contributed by atoms with Crippen molar-refractivity contribution in [2.24, 2.45) is 0 Å². The first-order valence-corrected chi connectivity index (χ1v) is 6.76. The van der Waals surface area contributed by atoms with E-state index in [9.17, 15) is 9.90 Å². The van der Waals surface area contributed by atoms with E-state index in [2.05, 4.69) is 4.98 Å². The van der Waals surface area contributed by atoms with Crippen LogP contribution in [0.2, 0.25) is 10.0 Å². The summed E-state index contributed by atoms with van der Waals surface area (Å²) in [6, 6.07) is 8.48. The fourth-order valence-electron chi connectivity index (χ4n) is 2.08. The van der Waals surface area contributed by atoms with Crippen LogP contribution in [0.4, 0.5) is 0 Å². The lowest BCUT2D eigenvalue weighted by atomic mass is 9.77. The van der Waals surface area contributed by atoms with E-state index in [-0.39, 0.29) is 0 Å². The fraction of sp³-hybridized carbons (Fsp3) is 0.200. The molecule has 20 heavy (non-hydrogen) atoms. The van der Waals surface area contributed by atoms with Gasteiger partial charge in [-0.3, -0.25) is 9.78 Å². The van der Waals surface area contributed by atoms with Crippen molar-refractivity contribution < 1.29 is 9.90 Å². The van der Waals surface area contributed by atoms with Crippen LogP contribution >= 0.6 is 23.2 Å². The molecule has 0 saturated carbocycles. The van der Waals surface area contributed by atoms with Crippen molar-refractivity contribution in [3.63, 3.8) is 0 Å². The number of aliphatic carboxylic acids is 1.